The fourth-order valence-corrected chi connectivity index (χ4v) is 2.03. The van der Waals surface area contributed by atoms with E-state index in [0.29, 0.717) is 13.0 Å². The molecule has 0 N–H and O–H groups in total. The van der Waals surface area contributed by atoms with Crippen molar-refractivity contribution in [2.45, 2.75) is 38.4 Å². The van der Waals surface area contributed by atoms with E-state index in [1.165, 1.54) is 0 Å². The quantitative estimate of drug-likeness (QED) is 0.581. The largest absolute Gasteiger partial charge is 0.463 e. The van der Waals surface area contributed by atoms with Gasteiger partial charge in [0.15, 0.2) is 5.60 Å². The highest BCUT2D eigenvalue weighted by molar-refractivity contribution is 5.83. The molecule has 1 fully saturated rings. The molecule has 1 aliphatic heterocycles. The van der Waals surface area contributed by atoms with Crippen LogP contribution in [0.25, 0.3) is 0 Å². The molecule has 0 aromatic heterocycles. The lowest BCUT2D eigenvalue weighted by Gasteiger charge is -2.09. The molecule has 1 heterocycles. The first-order valence-corrected chi connectivity index (χ1v) is 6.14. The van der Waals surface area contributed by atoms with Crippen LogP contribution in [0.15, 0.2) is 30.3 Å². The number of carbonyl (C=O) groups excluding carboxylic acids is 1. The Balaban J connectivity index is 2.07. The molecule has 1 aliphatic rings. The number of epoxide rings is 1. The summed E-state index contributed by atoms with van der Waals surface area (Å²) >= 11 is 0. The minimum absolute atomic E-state index is 0.141. The average molecular weight is 234 g/mol. The van der Waals surface area contributed by atoms with Gasteiger partial charge in [0.25, 0.3) is 0 Å². The van der Waals surface area contributed by atoms with Gasteiger partial charge in [0, 0.05) is 0 Å². The summed E-state index contributed by atoms with van der Waals surface area (Å²) in [6.45, 7) is 4.40. The normalized spacial score (nSPS) is 26.6. The highest BCUT2D eigenvalue weighted by atomic mass is 16.7. The molecule has 1 aromatic carbocycles. The first kappa shape index (κ1) is 12.1. The van der Waals surface area contributed by atoms with Gasteiger partial charge in [0.1, 0.15) is 6.10 Å². The van der Waals surface area contributed by atoms with Crippen LogP contribution in [-0.2, 0) is 14.3 Å². The molecular formula is C14H18O3. The molecule has 0 aliphatic carbocycles. The fraction of sp³-hybridized carbons (Fsp3) is 0.500. The van der Waals surface area contributed by atoms with Gasteiger partial charge < -0.3 is 9.47 Å². The molecule has 1 aromatic rings. The lowest BCUT2D eigenvalue weighted by atomic mass is 9.97. The van der Waals surface area contributed by atoms with Crippen molar-refractivity contribution >= 4 is 5.97 Å². The number of hydrogen-bond donors (Lipinski definition) is 0. The monoisotopic (exact) mass is 234 g/mol. The maximum absolute atomic E-state index is 12.0. The molecule has 0 bridgehead atoms. The lowest BCUT2D eigenvalue weighted by molar-refractivity contribution is -0.150. The number of carbonyl (C=O) groups is 1. The second-order valence-electron chi connectivity index (χ2n) is 4.29. The van der Waals surface area contributed by atoms with Gasteiger partial charge in [0.2, 0.25) is 0 Å². The van der Waals surface area contributed by atoms with Crippen LogP contribution in [0.3, 0.4) is 0 Å². The molecule has 0 radical (unpaired) electrons. The zero-order valence-electron chi connectivity index (χ0n) is 10.3. The van der Waals surface area contributed by atoms with Gasteiger partial charge in [0.05, 0.1) is 6.61 Å². The SMILES string of the molecule is CCCOC(=O)C1(CC)OC1c1ccccc1. The third kappa shape index (κ3) is 2.20. The van der Waals surface area contributed by atoms with Crippen molar-refractivity contribution in [1.29, 1.82) is 0 Å². The van der Waals surface area contributed by atoms with E-state index in [-0.39, 0.29) is 12.1 Å². The number of esters is 1. The van der Waals surface area contributed by atoms with Gasteiger partial charge in [-0.1, -0.05) is 44.2 Å². The van der Waals surface area contributed by atoms with E-state index in [1.54, 1.807) is 0 Å². The summed E-state index contributed by atoms with van der Waals surface area (Å²) in [5.41, 5.74) is 0.305. The van der Waals surface area contributed by atoms with E-state index >= 15 is 0 Å². The molecule has 2 rings (SSSR count). The molecule has 0 saturated carbocycles. The predicted molar refractivity (Wildman–Crippen MR) is 64.5 cm³/mol. The van der Waals surface area contributed by atoms with Crippen molar-refractivity contribution in [2.75, 3.05) is 6.61 Å². The van der Waals surface area contributed by atoms with Gasteiger partial charge >= 0.3 is 5.97 Å². The van der Waals surface area contributed by atoms with E-state index in [9.17, 15) is 4.79 Å². The summed E-state index contributed by atoms with van der Waals surface area (Å²) in [5.74, 6) is -0.226. The van der Waals surface area contributed by atoms with Crippen LogP contribution >= 0.6 is 0 Å². The molecule has 17 heavy (non-hydrogen) atoms. The highest BCUT2D eigenvalue weighted by Gasteiger charge is 2.63. The van der Waals surface area contributed by atoms with Gasteiger partial charge in [-0.25, -0.2) is 4.79 Å². The molecule has 0 spiro atoms. The first-order valence-electron chi connectivity index (χ1n) is 6.14. The summed E-state index contributed by atoms with van der Waals surface area (Å²) in [4.78, 5) is 12.0. The predicted octanol–water partition coefficient (Wildman–Crippen LogP) is 2.86. The molecule has 3 heteroatoms. The zero-order chi connectivity index (χ0) is 12.3. The van der Waals surface area contributed by atoms with E-state index < -0.39 is 5.60 Å². The topological polar surface area (TPSA) is 38.8 Å². The van der Waals surface area contributed by atoms with E-state index in [1.807, 2.05) is 44.2 Å². The Hall–Kier alpha value is -1.35. The second-order valence-corrected chi connectivity index (χ2v) is 4.29. The Kier molecular flexibility index (Phi) is 3.48. The van der Waals surface area contributed by atoms with Crippen LogP contribution < -0.4 is 0 Å². The Morgan fingerprint density at radius 3 is 2.65 bits per heavy atom. The van der Waals surface area contributed by atoms with Crippen LogP contribution in [0.4, 0.5) is 0 Å². The Morgan fingerprint density at radius 1 is 1.35 bits per heavy atom. The smallest absolute Gasteiger partial charge is 0.341 e. The van der Waals surface area contributed by atoms with Crippen molar-refractivity contribution in [2.24, 2.45) is 0 Å². The van der Waals surface area contributed by atoms with Gasteiger partial charge in [-0.05, 0) is 18.4 Å². The molecule has 1 saturated heterocycles. The molecule has 2 atom stereocenters. The lowest BCUT2D eigenvalue weighted by Crippen LogP contribution is -2.27. The average Bonchev–Trinajstić information content (AvgIpc) is 3.13. The van der Waals surface area contributed by atoms with Crippen LogP contribution in [0.5, 0.6) is 0 Å². The summed E-state index contributed by atoms with van der Waals surface area (Å²) in [6, 6.07) is 9.82. The minimum Gasteiger partial charge on any atom is -0.463 e. The van der Waals surface area contributed by atoms with Gasteiger partial charge in [-0.15, -0.1) is 0 Å². The van der Waals surface area contributed by atoms with E-state index in [2.05, 4.69) is 0 Å². The molecular weight excluding hydrogens is 216 g/mol. The third-order valence-electron chi connectivity index (χ3n) is 3.10. The number of hydrogen-bond acceptors (Lipinski definition) is 3. The molecule has 2 unspecified atom stereocenters. The van der Waals surface area contributed by atoms with Gasteiger partial charge in [-0.2, -0.15) is 0 Å². The van der Waals surface area contributed by atoms with Crippen LogP contribution in [-0.4, -0.2) is 18.2 Å². The maximum Gasteiger partial charge on any atom is 0.341 e. The van der Waals surface area contributed by atoms with Gasteiger partial charge in [-0.3, -0.25) is 0 Å². The van der Waals surface area contributed by atoms with E-state index in [0.717, 1.165) is 12.0 Å². The highest BCUT2D eigenvalue weighted by Crippen LogP contribution is 2.52. The molecule has 3 nitrogen and oxygen atoms in total. The standard InChI is InChI=1S/C14H18O3/c1-3-10-16-13(15)14(4-2)12(17-14)11-8-6-5-7-9-11/h5-9,12H,3-4,10H2,1-2H3. The van der Waals surface area contributed by atoms with Crippen molar-refractivity contribution in [3.8, 4) is 0 Å². The fourth-order valence-electron chi connectivity index (χ4n) is 2.03. The van der Waals surface area contributed by atoms with E-state index in [4.69, 9.17) is 9.47 Å². The molecule has 92 valence electrons. The number of rotatable bonds is 5. The minimum atomic E-state index is -0.740. The second kappa shape index (κ2) is 4.88. The maximum atomic E-state index is 12.0. The number of ether oxygens (including phenoxy) is 2. The van der Waals surface area contributed by atoms with Crippen molar-refractivity contribution in [1.82, 2.24) is 0 Å². The molecule has 0 amide bonds. The van der Waals surface area contributed by atoms with Crippen LogP contribution in [0.2, 0.25) is 0 Å². The van der Waals surface area contributed by atoms with Crippen LogP contribution in [0, 0.1) is 0 Å². The Labute approximate surface area is 102 Å². The summed E-state index contributed by atoms with van der Waals surface area (Å²) in [5, 5.41) is 0. The van der Waals surface area contributed by atoms with Crippen molar-refractivity contribution in [3.05, 3.63) is 35.9 Å². The first-order chi connectivity index (χ1) is 8.24. The summed E-state index contributed by atoms with van der Waals surface area (Å²) in [6.07, 6.45) is 1.34. The van der Waals surface area contributed by atoms with Crippen molar-refractivity contribution < 1.29 is 14.3 Å². The van der Waals surface area contributed by atoms with Crippen molar-refractivity contribution in [3.63, 3.8) is 0 Å². The Bertz CT molecular complexity index is 388. The third-order valence-corrected chi connectivity index (χ3v) is 3.10. The number of benzene rings is 1. The van der Waals surface area contributed by atoms with Crippen LogP contribution in [0.1, 0.15) is 38.4 Å². The summed E-state index contributed by atoms with van der Waals surface area (Å²) < 4.78 is 10.8. The summed E-state index contributed by atoms with van der Waals surface area (Å²) in [7, 11) is 0. The zero-order valence-corrected chi connectivity index (χ0v) is 10.3. The Morgan fingerprint density at radius 2 is 2.06 bits per heavy atom.